The standard InChI is InChI=1S/C28H27N3O3/c1-19-12-14-20(15-13-19)25(21-16-17-21)29-24(32)18-31-26(33)28(30-27(31)34,22-8-4-2-5-9-22)23-10-6-3-7-11-23/h2-15,21,25H,16-18H2,1H3,(H,29,32)(H,30,34)/t25-/m1/s1. The van der Waals surface area contributed by atoms with E-state index in [-0.39, 0.29) is 18.5 Å². The number of rotatable bonds is 7. The van der Waals surface area contributed by atoms with Crippen LogP contribution in [-0.4, -0.2) is 29.3 Å². The highest BCUT2D eigenvalue weighted by Crippen LogP contribution is 2.41. The molecule has 2 N–H and O–H groups in total. The van der Waals surface area contributed by atoms with Crippen molar-refractivity contribution in [1.29, 1.82) is 0 Å². The fraction of sp³-hybridized carbons (Fsp3) is 0.250. The van der Waals surface area contributed by atoms with E-state index in [4.69, 9.17) is 0 Å². The first-order valence-electron chi connectivity index (χ1n) is 11.6. The number of carbonyl (C=O) groups is 3. The maximum Gasteiger partial charge on any atom is 0.326 e. The summed E-state index contributed by atoms with van der Waals surface area (Å²) < 4.78 is 0. The van der Waals surface area contributed by atoms with Crippen molar-refractivity contribution in [2.24, 2.45) is 5.92 Å². The number of nitrogens with zero attached hydrogens (tertiary/aromatic N) is 1. The van der Waals surface area contributed by atoms with Crippen LogP contribution in [0.1, 0.15) is 41.1 Å². The maximum atomic E-state index is 13.8. The minimum absolute atomic E-state index is 0.123. The Hall–Kier alpha value is -3.93. The van der Waals surface area contributed by atoms with Crippen LogP contribution in [0, 0.1) is 12.8 Å². The lowest BCUT2D eigenvalue weighted by atomic mass is 9.82. The fourth-order valence-corrected chi connectivity index (χ4v) is 4.69. The number of amides is 4. The van der Waals surface area contributed by atoms with E-state index in [0.29, 0.717) is 17.0 Å². The molecule has 3 aromatic carbocycles. The van der Waals surface area contributed by atoms with Crippen molar-refractivity contribution < 1.29 is 14.4 Å². The smallest absolute Gasteiger partial charge is 0.326 e. The van der Waals surface area contributed by atoms with E-state index in [1.807, 2.05) is 91.9 Å². The minimum atomic E-state index is -1.37. The molecule has 1 aliphatic carbocycles. The summed E-state index contributed by atoms with van der Waals surface area (Å²) in [7, 11) is 0. The van der Waals surface area contributed by atoms with Gasteiger partial charge in [-0.25, -0.2) is 4.79 Å². The monoisotopic (exact) mass is 453 g/mol. The van der Waals surface area contributed by atoms with Crippen molar-refractivity contribution in [3.8, 4) is 0 Å². The Kier molecular flexibility index (Phi) is 5.65. The zero-order valence-electron chi connectivity index (χ0n) is 19.0. The molecule has 1 saturated carbocycles. The van der Waals surface area contributed by atoms with Gasteiger partial charge in [0.05, 0.1) is 6.04 Å². The maximum absolute atomic E-state index is 13.8. The van der Waals surface area contributed by atoms with Gasteiger partial charge in [-0.15, -0.1) is 0 Å². The average Bonchev–Trinajstić information content (AvgIpc) is 3.67. The van der Waals surface area contributed by atoms with Crippen molar-refractivity contribution in [2.45, 2.75) is 31.3 Å². The van der Waals surface area contributed by atoms with Gasteiger partial charge in [0.15, 0.2) is 5.54 Å². The van der Waals surface area contributed by atoms with E-state index in [0.717, 1.165) is 28.9 Å². The van der Waals surface area contributed by atoms with Gasteiger partial charge in [0.2, 0.25) is 5.91 Å². The van der Waals surface area contributed by atoms with Crippen molar-refractivity contribution in [1.82, 2.24) is 15.5 Å². The molecule has 4 amide bonds. The molecule has 2 aliphatic rings. The van der Waals surface area contributed by atoms with E-state index < -0.39 is 17.5 Å². The summed E-state index contributed by atoms with van der Waals surface area (Å²) >= 11 is 0. The Morgan fingerprint density at radius 2 is 1.50 bits per heavy atom. The molecule has 0 spiro atoms. The second kappa shape index (κ2) is 8.78. The Morgan fingerprint density at radius 1 is 0.941 bits per heavy atom. The zero-order chi connectivity index (χ0) is 23.7. The molecule has 1 saturated heterocycles. The molecule has 5 rings (SSSR count). The SMILES string of the molecule is Cc1ccc([C@@H](NC(=O)CN2C(=O)NC(c3ccccc3)(c3ccccc3)C2=O)C2CC2)cc1. The molecule has 0 radical (unpaired) electrons. The molecule has 172 valence electrons. The third-order valence-electron chi connectivity index (χ3n) is 6.67. The van der Waals surface area contributed by atoms with Crippen LogP contribution in [0.4, 0.5) is 4.79 Å². The molecular weight excluding hydrogens is 426 g/mol. The quantitative estimate of drug-likeness (QED) is 0.530. The Morgan fingerprint density at radius 3 is 2.03 bits per heavy atom. The number of carbonyl (C=O) groups excluding carboxylic acids is 3. The number of urea groups is 1. The first-order valence-corrected chi connectivity index (χ1v) is 11.6. The molecule has 3 aromatic rings. The normalized spacial score (nSPS) is 17.9. The summed E-state index contributed by atoms with van der Waals surface area (Å²) in [4.78, 5) is 40.9. The highest BCUT2D eigenvalue weighted by Gasteiger charge is 2.54. The van der Waals surface area contributed by atoms with E-state index in [1.165, 1.54) is 0 Å². The van der Waals surface area contributed by atoms with Gasteiger partial charge in [0, 0.05) is 0 Å². The van der Waals surface area contributed by atoms with Crippen LogP contribution < -0.4 is 10.6 Å². The third-order valence-corrected chi connectivity index (χ3v) is 6.67. The van der Waals surface area contributed by atoms with E-state index >= 15 is 0 Å². The number of hydrogen-bond donors (Lipinski definition) is 2. The highest BCUT2D eigenvalue weighted by atomic mass is 16.2. The molecule has 1 heterocycles. The first kappa shape index (κ1) is 21.9. The predicted octanol–water partition coefficient (Wildman–Crippen LogP) is 4.06. The van der Waals surface area contributed by atoms with E-state index in [9.17, 15) is 14.4 Å². The van der Waals surface area contributed by atoms with Crippen LogP contribution in [0.25, 0.3) is 0 Å². The number of aryl methyl sites for hydroxylation is 1. The third kappa shape index (κ3) is 3.96. The van der Waals surface area contributed by atoms with Gasteiger partial charge < -0.3 is 10.6 Å². The lowest BCUT2D eigenvalue weighted by Gasteiger charge is -2.28. The number of nitrogens with one attached hydrogen (secondary N) is 2. The van der Waals surface area contributed by atoms with E-state index in [1.54, 1.807) is 0 Å². The summed E-state index contributed by atoms with van der Waals surface area (Å²) in [6.45, 7) is 1.69. The molecule has 0 bridgehead atoms. The topological polar surface area (TPSA) is 78.5 Å². The number of benzene rings is 3. The molecule has 2 fully saturated rings. The van der Waals surface area contributed by atoms with Gasteiger partial charge in [-0.2, -0.15) is 0 Å². The van der Waals surface area contributed by atoms with Crippen LogP contribution in [-0.2, 0) is 15.1 Å². The van der Waals surface area contributed by atoms with Crippen LogP contribution in [0.5, 0.6) is 0 Å². The zero-order valence-corrected chi connectivity index (χ0v) is 19.0. The van der Waals surface area contributed by atoms with Gasteiger partial charge in [-0.1, -0.05) is 90.5 Å². The summed E-state index contributed by atoms with van der Waals surface area (Å²) in [6.07, 6.45) is 2.10. The Labute approximate surface area is 199 Å². The Balaban J connectivity index is 1.40. The highest BCUT2D eigenvalue weighted by molar-refractivity contribution is 6.11. The van der Waals surface area contributed by atoms with Gasteiger partial charge in [-0.05, 0) is 42.4 Å². The minimum Gasteiger partial charge on any atom is -0.347 e. The summed E-state index contributed by atoms with van der Waals surface area (Å²) in [5.74, 6) is -0.427. The number of imide groups is 1. The van der Waals surface area contributed by atoms with Crippen molar-refractivity contribution in [3.63, 3.8) is 0 Å². The van der Waals surface area contributed by atoms with Gasteiger partial charge in [0.1, 0.15) is 6.54 Å². The molecule has 6 heteroatoms. The lowest BCUT2D eigenvalue weighted by Crippen LogP contribution is -2.46. The second-order valence-electron chi connectivity index (χ2n) is 9.10. The fourth-order valence-electron chi connectivity index (χ4n) is 4.69. The van der Waals surface area contributed by atoms with Crippen LogP contribution in [0.2, 0.25) is 0 Å². The van der Waals surface area contributed by atoms with Crippen molar-refractivity contribution in [3.05, 3.63) is 107 Å². The van der Waals surface area contributed by atoms with Crippen molar-refractivity contribution in [2.75, 3.05) is 6.54 Å². The van der Waals surface area contributed by atoms with Gasteiger partial charge >= 0.3 is 6.03 Å². The van der Waals surface area contributed by atoms with Crippen LogP contribution in [0.15, 0.2) is 84.9 Å². The van der Waals surface area contributed by atoms with Crippen molar-refractivity contribution >= 4 is 17.8 Å². The van der Waals surface area contributed by atoms with E-state index in [2.05, 4.69) is 10.6 Å². The molecule has 1 atom stereocenters. The Bertz CT molecular complexity index is 1170. The lowest BCUT2D eigenvalue weighted by molar-refractivity contribution is -0.134. The molecule has 0 unspecified atom stereocenters. The molecule has 6 nitrogen and oxygen atoms in total. The summed E-state index contributed by atoms with van der Waals surface area (Å²) in [5.41, 5.74) is 2.13. The molecule has 34 heavy (non-hydrogen) atoms. The molecule has 0 aromatic heterocycles. The largest absolute Gasteiger partial charge is 0.347 e. The van der Waals surface area contributed by atoms with Gasteiger partial charge in [0.25, 0.3) is 5.91 Å². The number of hydrogen-bond acceptors (Lipinski definition) is 3. The summed E-state index contributed by atoms with van der Waals surface area (Å²) in [6, 6.07) is 25.7. The first-order chi connectivity index (χ1) is 16.5. The van der Waals surface area contributed by atoms with Gasteiger partial charge in [-0.3, -0.25) is 14.5 Å². The predicted molar refractivity (Wildman–Crippen MR) is 129 cm³/mol. The van der Waals surface area contributed by atoms with Crippen LogP contribution in [0.3, 0.4) is 0 Å². The average molecular weight is 454 g/mol. The molecular formula is C28H27N3O3. The summed E-state index contributed by atoms with van der Waals surface area (Å²) in [5, 5.41) is 5.97. The second-order valence-corrected chi connectivity index (χ2v) is 9.10. The van der Waals surface area contributed by atoms with Crippen LogP contribution >= 0.6 is 0 Å². The molecule has 1 aliphatic heterocycles.